The second kappa shape index (κ2) is 10.5. The summed E-state index contributed by atoms with van der Waals surface area (Å²) < 4.78 is 1.94. The number of likely N-dealkylation sites (tertiary alicyclic amines) is 1. The zero-order chi connectivity index (χ0) is 26.2. The lowest BCUT2D eigenvalue weighted by Crippen LogP contribution is -2.40. The lowest BCUT2D eigenvalue weighted by atomic mass is 9.95. The molecule has 2 amide bonds. The van der Waals surface area contributed by atoms with Crippen molar-refractivity contribution in [1.82, 2.24) is 25.0 Å². The molecular weight excluding hydrogens is 518 g/mol. The number of aryl methyl sites for hydroxylation is 1. The summed E-state index contributed by atoms with van der Waals surface area (Å²) in [4.78, 5) is 19.5. The van der Waals surface area contributed by atoms with Gasteiger partial charge in [0.1, 0.15) is 0 Å². The number of thiazole rings is 1. The minimum atomic E-state index is -0.623. The Morgan fingerprint density at radius 1 is 1.16 bits per heavy atom. The number of hydrogen-bond donors (Lipinski definition) is 3. The second-order valence-electron chi connectivity index (χ2n) is 9.98. The van der Waals surface area contributed by atoms with Gasteiger partial charge in [0.05, 0.1) is 32.7 Å². The molecule has 4 aromatic rings. The van der Waals surface area contributed by atoms with Gasteiger partial charge in [-0.25, -0.2) is 14.5 Å². The average molecular weight is 548 g/mol. The Kier molecular flexibility index (Phi) is 6.92. The summed E-state index contributed by atoms with van der Waals surface area (Å²) in [5.41, 5.74) is 12.4. The summed E-state index contributed by atoms with van der Waals surface area (Å²) >= 11 is 8.34. The molecule has 1 fully saturated rings. The van der Waals surface area contributed by atoms with Crippen LogP contribution >= 0.6 is 22.9 Å². The molecular formula is C28H30ClN7OS. The van der Waals surface area contributed by atoms with Crippen LogP contribution in [-0.4, -0.2) is 51.9 Å². The van der Waals surface area contributed by atoms with Gasteiger partial charge in [0, 0.05) is 23.7 Å². The van der Waals surface area contributed by atoms with Gasteiger partial charge in [0.15, 0.2) is 5.13 Å². The van der Waals surface area contributed by atoms with Crippen molar-refractivity contribution in [2.75, 3.05) is 25.5 Å². The molecule has 4 N–H and O–H groups in total. The van der Waals surface area contributed by atoms with Crippen molar-refractivity contribution in [2.45, 2.75) is 38.3 Å². The van der Waals surface area contributed by atoms with E-state index in [1.807, 2.05) is 35.0 Å². The highest BCUT2D eigenvalue weighted by Gasteiger charge is 2.30. The van der Waals surface area contributed by atoms with Gasteiger partial charge in [-0.15, -0.1) is 0 Å². The molecule has 6 rings (SSSR count). The number of urea groups is 1. The van der Waals surface area contributed by atoms with Gasteiger partial charge in [-0.1, -0.05) is 59.3 Å². The Morgan fingerprint density at radius 2 is 1.95 bits per heavy atom. The summed E-state index contributed by atoms with van der Waals surface area (Å²) in [5, 5.41) is 12.6. The molecule has 2 aliphatic rings. The van der Waals surface area contributed by atoms with Crippen LogP contribution in [0.3, 0.4) is 0 Å². The van der Waals surface area contributed by atoms with Crippen LogP contribution in [0, 0.1) is 0 Å². The van der Waals surface area contributed by atoms with Crippen LogP contribution in [0.15, 0.2) is 48.5 Å². The number of primary amides is 1. The summed E-state index contributed by atoms with van der Waals surface area (Å²) in [7, 11) is 2.18. The third-order valence-corrected chi connectivity index (χ3v) is 8.66. The molecule has 2 aromatic heterocycles. The first kappa shape index (κ1) is 25.1. The predicted octanol–water partition coefficient (Wildman–Crippen LogP) is 5.09. The standard InChI is InChI=1S/C28H30ClN7OS/c1-35-13-11-19(12-14-35)31-16-17-7-10-23(21(29)15-17)36-25-20(24(34-36)18-5-3-2-4-6-18)8-9-22-26(25)38-28(32-22)33-27(30)37/h2-7,10,15,19,31H,8-9,11-14,16H2,1H3,(H3,30,32,33,37). The van der Waals surface area contributed by atoms with E-state index in [-0.39, 0.29) is 0 Å². The number of aromatic nitrogens is 3. The molecule has 8 nitrogen and oxygen atoms in total. The van der Waals surface area contributed by atoms with Crippen LogP contribution in [-0.2, 0) is 19.4 Å². The molecule has 0 atom stereocenters. The predicted molar refractivity (Wildman–Crippen MR) is 153 cm³/mol. The Labute approximate surface area is 230 Å². The van der Waals surface area contributed by atoms with Crippen molar-refractivity contribution in [3.63, 3.8) is 0 Å². The normalized spacial score (nSPS) is 15.7. The number of piperidine rings is 1. The molecule has 38 heavy (non-hydrogen) atoms. The van der Waals surface area contributed by atoms with E-state index in [4.69, 9.17) is 22.4 Å². The zero-order valence-electron chi connectivity index (χ0n) is 21.2. The maximum atomic E-state index is 11.5. The highest BCUT2D eigenvalue weighted by atomic mass is 35.5. The number of amides is 2. The first-order chi connectivity index (χ1) is 18.5. The number of halogens is 1. The monoisotopic (exact) mass is 547 g/mol. The van der Waals surface area contributed by atoms with E-state index in [1.165, 1.54) is 11.3 Å². The number of fused-ring (bicyclic) bond motifs is 3. The van der Waals surface area contributed by atoms with Gasteiger partial charge in [0.2, 0.25) is 0 Å². The third-order valence-electron chi connectivity index (χ3n) is 7.34. The number of nitrogens with zero attached hydrogens (tertiary/aromatic N) is 4. The summed E-state index contributed by atoms with van der Waals surface area (Å²) in [6.45, 7) is 3.03. The SMILES string of the molecule is CN1CCC(NCc2ccc(-n3nc(-c4ccccc4)c4c3-c3sc(NC(N)=O)nc3CC4)c(Cl)c2)CC1. The molecule has 0 spiro atoms. The number of carbonyl (C=O) groups is 1. The van der Waals surface area contributed by atoms with E-state index in [9.17, 15) is 4.79 Å². The fourth-order valence-corrected chi connectivity index (χ4v) is 6.69. The van der Waals surface area contributed by atoms with Gasteiger partial charge < -0.3 is 16.0 Å². The van der Waals surface area contributed by atoms with Crippen molar-refractivity contribution in [3.8, 4) is 27.5 Å². The van der Waals surface area contributed by atoms with Crippen LogP contribution in [0.1, 0.15) is 29.7 Å². The van der Waals surface area contributed by atoms with Gasteiger partial charge in [0.25, 0.3) is 0 Å². The van der Waals surface area contributed by atoms with Crippen LogP contribution in [0.5, 0.6) is 0 Å². The highest BCUT2D eigenvalue weighted by molar-refractivity contribution is 7.19. The minimum Gasteiger partial charge on any atom is -0.351 e. The van der Waals surface area contributed by atoms with E-state index in [0.29, 0.717) is 16.2 Å². The van der Waals surface area contributed by atoms with Crippen LogP contribution < -0.4 is 16.4 Å². The molecule has 0 unspecified atom stereocenters. The Morgan fingerprint density at radius 3 is 2.68 bits per heavy atom. The van der Waals surface area contributed by atoms with E-state index in [0.717, 1.165) is 89.7 Å². The molecule has 10 heteroatoms. The number of nitrogens with one attached hydrogen (secondary N) is 2. The number of benzene rings is 2. The molecule has 0 radical (unpaired) electrons. The van der Waals surface area contributed by atoms with E-state index in [1.54, 1.807) is 0 Å². The van der Waals surface area contributed by atoms with Crippen molar-refractivity contribution >= 4 is 34.1 Å². The Bertz CT molecular complexity index is 1470. The van der Waals surface area contributed by atoms with E-state index < -0.39 is 6.03 Å². The molecule has 1 aliphatic carbocycles. The van der Waals surface area contributed by atoms with Gasteiger partial charge in [-0.2, -0.15) is 5.10 Å². The maximum absolute atomic E-state index is 11.5. The van der Waals surface area contributed by atoms with Crippen LogP contribution in [0.25, 0.3) is 27.5 Å². The van der Waals surface area contributed by atoms with Crippen molar-refractivity contribution < 1.29 is 4.79 Å². The maximum Gasteiger partial charge on any atom is 0.318 e. The number of hydrogen-bond acceptors (Lipinski definition) is 6. The fourth-order valence-electron chi connectivity index (χ4n) is 5.34. The minimum absolute atomic E-state index is 0.491. The largest absolute Gasteiger partial charge is 0.351 e. The van der Waals surface area contributed by atoms with Crippen molar-refractivity contribution in [2.24, 2.45) is 5.73 Å². The smallest absolute Gasteiger partial charge is 0.318 e. The number of carbonyl (C=O) groups excluding carboxylic acids is 1. The molecule has 1 aliphatic heterocycles. The van der Waals surface area contributed by atoms with Crippen molar-refractivity contribution in [1.29, 1.82) is 0 Å². The zero-order valence-corrected chi connectivity index (χ0v) is 22.8. The Hall–Kier alpha value is -3.24. The topological polar surface area (TPSA) is 101 Å². The molecule has 3 heterocycles. The average Bonchev–Trinajstić information content (AvgIpc) is 3.49. The lowest BCUT2D eigenvalue weighted by molar-refractivity contribution is 0.234. The second-order valence-corrected chi connectivity index (χ2v) is 11.4. The number of anilines is 1. The lowest BCUT2D eigenvalue weighted by Gasteiger charge is -2.29. The number of nitrogens with two attached hydrogens (primary N) is 1. The van der Waals surface area contributed by atoms with Crippen LogP contribution in [0.2, 0.25) is 5.02 Å². The quantitative estimate of drug-likeness (QED) is 0.312. The summed E-state index contributed by atoms with van der Waals surface area (Å²) in [6, 6.07) is 16.3. The fraction of sp³-hybridized carbons (Fsp3) is 0.321. The van der Waals surface area contributed by atoms with Gasteiger partial charge in [-0.3, -0.25) is 5.32 Å². The van der Waals surface area contributed by atoms with E-state index in [2.05, 4.69) is 45.8 Å². The molecule has 2 aromatic carbocycles. The first-order valence-corrected chi connectivity index (χ1v) is 14.1. The molecule has 0 bridgehead atoms. The molecule has 196 valence electrons. The van der Waals surface area contributed by atoms with Crippen molar-refractivity contribution in [3.05, 3.63) is 70.4 Å². The summed E-state index contributed by atoms with van der Waals surface area (Å²) in [5.74, 6) is 0. The molecule has 0 saturated carbocycles. The highest BCUT2D eigenvalue weighted by Crippen LogP contribution is 2.44. The van der Waals surface area contributed by atoms with Gasteiger partial charge in [-0.05, 0) is 63.5 Å². The molecule has 1 saturated heterocycles. The van der Waals surface area contributed by atoms with Crippen LogP contribution in [0.4, 0.5) is 9.93 Å². The summed E-state index contributed by atoms with van der Waals surface area (Å²) in [6.07, 6.45) is 3.88. The number of rotatable bonds is 6. The third kappa shape index (κ3) is 4.94. The van der Waals surface area contributed by atoms with Gasteiger partial charge >= 0.3 is 6.03 Å². The van der Waals surface area contributed by atoms with E-state index >= 15 is 0 Å². The first-order valence-electron chi connectivity index (χ1n) is 12.9. The Balaban J connectivity index is 1.37.